The highest BCUT2D eigenvalue weighted by atomic mass is 16.5. The first kappa shape index (κ1) is 13.8. The molecule has 1 aliphatic carbocycles. The number of hydrogen-bond acceptors (Lipinski definition) is 3. The van der Waals surface area contributed by atoms with Crippen LogP contribution in [-0.4, -0.2) is 38.3 Å². The lowest BCUT2D eigenvalue weighted by atomic mass is 9.98. The molecule has 4 heteroatoms. The zero-order valence-corrected chi connectivity index (χ0v) is 11.4. The van der Waals surface area contributed by atoms with Gasteiger partial charge in [0.05, 0.1) is 6.10 Å². The highest BCUT2D eigenvalue weighted by molar-refractivity contribution is 5.77. The second-order valence-corrected chi connectivity index (χ2v) is 5.73. The first-order valence-electron chi connectivity index (χ1n) is 7.34. The minimum Gasteiger partial charge on any atom is -0.368 e. The molecule has 4 nitrogen and oxygen atoms in total. The van der Waals surface area contributed by atoms with Crippen molar-refractivity contribution in [3.63, 3.8) is 0 Å². The summed E-state index contributed by atoms with van der Waals surface area (Å²) in [4.78, 5) is 11.7. The number of piperidine rings is 1. The molecule has 2 atom stereocenters. The van der Waals surface area contributed by atoms with Crippen molar-refractivity contribution in [1.82, 2.24) is 10.6 Å². The summed E-state index contributed by atoms with van der Waals surface area (Å²) in [7, 11) is 0. The Hall–Kier alpha value is -0.610. The van der Waals surface area contributed by atoms with Crippen LogP contribution in [0.25, 0.3) is 0 Å². The number of nitrogens with one attached hydrogen (secondary N) is 2. The second kappa shape index (κ2) is 7.10. The Morgan fingerprint density at radius 1 is 1.28 bits per heavy atom. The van der Waals surface area contributed by atoms with Crippen molar-refractivity contribution in [1.29, 1.82) is 0 Å². The number of carbonyl (C=O) groups is 1. The summed E-state index contributed by atoms with van der Waals surface area (Å²) in [6, 6.07) is 0. The molecule has 1 saturated heterocycles. The van der Waals surface area contributed by atoms with Gasteiger partial charge in [-0.1, -0.05) is 19.8 Å². The van der Waals surface area contributed by atoms with E-state index in [1.54, 1.807) is 0 Å². The summed E-state index contributed by atoms with van der Waals surface area (Å²) in [6.07, 6.45) is 6.19. The van der Waals surface area contributed by atoms with Gasteiger partial charge in [-0.15, -0.1) is 0 Å². The predicted molar refractivity (Wildman–Crippen MR) is 71.4 cm³/mol. The van der Waals surface area contributed by atoms with Crippen molar-refractivity contribution >= 4 is 5.91 Å². The third-order valence-electron chi connectivity index (χ3n) is 4.34. The van der Waals surface area contributed by atoms with Gasteiger partial charge >= 0.3 is 0 Å². The lowest BCUT2D eigenvalue weighted by molar-refractivity contribution is -0.128. The van der Waals surface area contributed by atoms with Gasteiger partial charge in [-0.05, 0) is 44.2 Å². The molecule has 104 valence electrons. The second-order valence-electron chi connectivity index (χ2n) is 5.73. The molecule has 0 radical (unpaired) electrons. The van der Waals surface area contributed by atoms with E-state index in [0.717, 1.165) is 38.4 Å². The van der Waals surface area contributed by atoms with Crippen LogP contribution in [0.3, 0.4) is 0 Å². The molecule has 0 spiro atoms. The minimum absolute atomic E-state index is 0.0487. The molecule has 1 heterocycles. The van der Waals surface area contributed by atoms with E-state index in [9.17, 15) is 4.79 Å². The van der Waals surface area contributed by atoms with Crippen LogP contribution in [0.15, 0.2) is 0 Å². The van der Waals surface area contributed by atoms with Crippen molar-refractivity contribution < 1.29 is 9.53 Å². The normalized spacial score (nSPS) is 29.4. The maximum atomic E-state index is 11.7. The van der Waals surface area contributed by atoms with Crippen LogP contribution in [0, 0.1) is 11.8 Å². The number of rotatable bonds is 5. The predicted octanol–water partition coefficient (Wildman–Crippen LogP) is 1.31. The third kappa shape index (κ3) is 4.25. The standard InChI is InChI=1S/C14H26N2O2/c1-11-3-2-4-12(11)9-16-14(17)10-18-13-5-7-15-8-6-13/h11-13,15H,2-10H2,1H3,(H,16,17). The van der Waals surface area contributed by atoms with Crippen LogP contribution in [0.2, 0.25) is 0 Å². The quantitative estimate of drug-likeness (QED) is 0.777. The maximum Gasteiger partial charge on any atom is 0.246 e. The van der Waals surface area contributed by atoms with Crippen molar-refractivity contribution in [2.75, 3.05) is 26.2 Å². The van der Waals surface area contributed by atoms with E-state index in [1.807, 2.05) is 0 Å². The van der Waals surface area contributed by atoms with Gasteiger partial charge in [0.1, 0.15) is 6.61 Å². The highest BCUT2D eigenvalue weighted by Crippen LogP contribution is 2.30. The molecule has 0 aromatic heterocycles. The van der Waals surface area contributed by atoms with Gasteiger partial charge in [-0.2, -0.15) is 0 Å². The van der Waals surface area contributed by atoms with E-state index in [2.05, 4.69) is 17.6 Å². The Morgan fingerprint density at radius 3 is 2.72 bits per heavy atom. The number of ether oxygens (including phenoxy) is 1. The van der Waals surface area contributed by atoms with Gasteiger partial charge in [-0.3, -0.25) is 4.79 Å². The molecule has 1 aliphatic heterocycles. The molecule has 1 amide bonds. The van der Waals surface area contributed by atoms with Gasteiger partial charge < -0.3 is 15.4 Å². The average molecular weight is 254 g/mol. The Morgan fingerprint density at radius 2 is 2.06 bits per heavy atom. The van der Waals surface area contributed by atoms with Crippen LogP contribution in [0.5, 0.6) is 0 Å². The number of amides is 1. The van der Waals surface area contributed by atoms with E-state index in [1.165, 1.54) is 19.3 Å². The Balaban J connectivity index is 1.57. The molecule has 1 saturated carbocycles. The molecule has 2 fully saturated rings. The van der Waals surface area contributed by atoms with E-state index in [0.29, 0.717) is 5.92 Å². The lowest BCUT2D eigenvalue weighted by Gasteiger charge is -2.23. The van der Waals surface area contributed by atoms with Gasteiger partial charge in [-0.25, -0.2) is 0 Å². The molecule has 2 unspecified atom stereocenters. The summed E-state index contributed by atoms with van der Waals surface area (Å²) in [5, 5.41) is 6.30. The van der Waals surface area contributed by atoms with E-state index >= 15 is 0 Å². The summed E-state index contributed by atoms with van der Waals surface area (Å²) in [5.74, 6) is 1.48. The Labute approximate surface area is 110 Å². The van der Waals surface area contributed by atoms with Gasteiger partial charge in [0.2, 0.25) is 5.91 Å². The molecule has 2 N–H and O–H groups in total. The van der Waals surface area contributed by atoms with Gasteiger partial charge in [0, 0.05) is 6.54 Å². The van der Waals surface area contributed by atoms with Crippen LogP contribution in [0.1, 0.15) is 39.0 Å². The first-order valence-corrected chi connectivity index (χ1v) is 7.34. The molecular weight excluding hydrogens is 228 g/mol. The zero-order chi connectivity index (χ0) is 12.8. The molecule has 0 aromatic carbocycles. The fourth-order valence-corrected chi connectivity index (χ4v) is 2.98. The molecular formula is C14H26N2O2. The third-order valence-corrected chi connectivity index (χ3v) is 4.34. The lowest BCUT2D eigenvalue weighted by Crippen LogP contribution is -2.37. The van der Waals surface area contributed by atoms with Crippen LogP contribution in [0.4, 0.5) is 0 Å². The molecule has 2 aliphatic rings. The zero-order valence-electron chi connectivity index (χ0n) is 11.4. The fourth-order valence-electron chi connectivity index (χ4n) is 2.98. The van der Waals surface area contributed by atoms with E-state index < -0.39 is 0 Å². The molecule has 2 rings (SSSR count). The first-order chi connectivity index (χ1) is 8.75. The van der Waals surface area contributed by atoms with Crippen molar-refractivity contribution in [2.24, 2.45) is 11.8 Å². The molecule has 0 bridgehead atoms. The van der Waals surface area contributed by atoms with Crippen molar-refractivity contribution in [2.45, 2.75) is 45.1 Å². The van der Waals surface area contributed by atoms with Crippen molar-refractivity contribution in [3.8, 4) is 0 Å². The number of carbonyl (C=O) groups excluding carboxylic acids is 1. The Bertz CT molecular complexity index is 265. The maximum absolute atomic E-state index is 11.7. The summed E-state index contributed by atoms with van der Waals surface area (Å²) in [5.41, 5.74) is 0. The topological polar surface area (TPSA) is 50.4 Å². The largest absolute Gasteiger partial charge is 0.368 e. The van der Waals surface area contributed by atoms with Crippen LogP contribution >= 0.6 is 0 Å². The summed E-state index contributed by atoms with van der Waals surface area (Å²) >= 11 is 0. The van der Waals surface area contributed by atoms with Crippen LogP contribution in [-0.2, 0) is 9.53 Å². The smallest absolute Gasteiger partial charge is 0.246 e. The van der Waals surface area contributed by atoms with Gasteiger partial charge in [0.15, 0.2) is 0 Å². The summed E-state index contributed by atoms with van der Waals surface area (Å²) in [6.45, 7) is 5.36. The fraction of sp³-hybridized carbons (Fsp3) is 0.929. The minimum atomic E-state index is 0.0487. The highest BCUT2D eigenvalue weighted by Gasteiger charge is 2.23. The van der Waals surface area contributed by atoms with E-state index in [-0.39, 0.29) is 18.6 Å². The Kier molecular flexibility index (Phi) is 5.45. The van der Waals surface area contributed by atoms with E-state index in [4.69, 9.17) is 4.74 Å². The molecule has 0 aromatic rings. The monoisotopic (exact) mass is 254 g/mol. The average Bonchev–Trinajstić information content (AvgIpc) is 2.81. The van der Waals surface area contributed by atoms with Gasteiger partial charge in [0.25, 0.3) is 0 Å². The SMILES string of the molecule is CC1CCCC1CNC(=O)COC1CCNCC1. The van der Waals surface area contributed by atoms with Crippen LogP contribution < -0.4 is 10.6 Å². The number of hydrogen-bond donors (Lipinski definition) is 2. The molecule has 18 heavy (non-hydrogen) atoms. The van der Waals surface area contributed by atoms with Crippen molar-refractivity contribution in [3.05, 3.63) is 0 Å². The summed E-state index contributed by atoms with van der Waals surface area (Å²) < 4.78 is 5.63.